The number of rotatable bonds is 4. The normalized spacial score (nSPS) is 10.9. The van der Waals surface area contributed by atoms with Crippen LogP contribution in [-0.2, 0) is 11.3 Å². The van der Waals surface area contributed by atoms with Crippen LogP contribution in [0.15, 0.2) is 71.1 Å². The van der Waals surface area contributed by atoms with E-state index in [-0.39, 0.29) is 23.8 Å². The van der Waals surface area contributed by atoms with Gasteiger partial charge in [0, 0.05) is 23.7 Å². The number of carbonyl (C=O) groups is 1. The van der Waals surface area contributed by atoms with Gasteiger partial charge in [0.05, 0.1) is 11.8 Å². The minimum atomic E-state index is -0.320. The SMILES string of the molecule is CN(C(=O)Cn1cnc2c(-c3ccc(F)cc3)csc2c1=O)c1ccccc1. The lowest BCUT2D eigenvalue weighted by Crippen LogP contribution is -2.33. The van der Waals surface area contributed by atoms with E-state index in [1.54, 1.807) is 19.2 Å². The van der Waals surface area contributed by atoms with Crippen molar-refractivity contribution in [2.45, 2.75) is 6.54 Å². The van der Waals surface area contributed by atoms with Crippen LogP contribution >= 0.6 is 11.3 Å². The van der Waals surface area contributed by atoms with Crippen LogP contribution in [0.4, 0.5) is 10.1 Å². The fourth-order valence-corrected chi connectivity index (χ4v) is 3.91. The summed E-state index contributed by atoms with van der Waals surface area (Å²) in [6.07, 6.45) is 1.39. The second kappa shape index (κ2) is 7.36. The van der Waals surface area contributed by atoms with Crippen molar-refractivity contribution in [3.63, 3.8) is 0 Å². The van der Waals surface area contributed by atoms with Crippen molar-refractivity contribution in [1.29, 1.82) is 0 Å². The first-order valence-corrected chi connectivity index (χ1v) is 9.47. The summed E-state index contributed by atoms with van der Waals surface area (Å²) >= 11 is 1.27. The van der Waals surface area contributed by atoms with E-state index in [0.717, 1.165) is 16.8 Å². The maximum absolute atomic E-state index is 13.2. The predicted molar refractivity (Wildman–Crippen MR) is 109 cm³/mol. The van der Waals surface area contributed by atoms with Gasteiger partial charge in [0.25, 0.3) is 5.56 Å². The molecule has 0 aliphatic heterocycles. The zero-order valence-corrected chi connectivity index (χ0v) is 15.8. The van der Waals surface area contributed by atoms with Crippen molar-refractivity contribution in [2.75, 3.05) is 11.9 Å². The van der Waals surface area contributed by atoms with E-state index < -0.39 is 0 Å². The summed E-state index contributed by atoms with van der Waals surface area (Å²) in [6, 6.07) is 15.3. The number of thiophene rings is 1. The Labute approximate surface area is 164 Å². The smallest absolute Gasteiger partial charge is 0.271 e. The van der Waals surface area contributed by atoms with Gasteiger partial charge in [0.1, 0.15) is 17.1 Å². The van der Waals surface area contributed by atoms with Gasteiger partial charge in [0.2, 0.25) is 5.91 Å². The molecule has 0 saturated heterocycles. The number of halogens is 1. The number of aromatic nitrogens is 2. The number of nitrogens with zero attached hydrogens (tertiary/aromatic N) is 3. The highest BCUT2D eigenvalue weighted by Gasteiger charge is 2.16. The fourth-order valence-electron chi connectivity index (χ4n) is 2.94. The molecular weight excluding hydrogens is 377 g/mol. The molecule has 0 aliphatic carbocycles. The van der Waals surface area contributed by atoms with Gasteiger partial charge in [-0.15, -0.1) is 11.3 Å². The molecule has 0 bridgehead atoms. The first-order chi connectivity index (χ1) is 13.5. The van der Waals surface area contributed by atoms with E-state index in [2.05, 4.69) is 4.98 Å². The maximum Gasteiger partial charge on any atom is 0.271 e. The molecule has 7 heteroatoms. The average molecular weight is 393 g/mol. The van der Waals surface area contributed by atoms with E-state index in [9.17, 15) is 14.0 Å². The number of likely N-dealkylation sites (N-methyl/N-ethyl adjacent to an activating group) is 1. The molecule has 28 heavy (non-hydrogen) atoms. The molecule has 0 atom stereocenters. The second-order valence-electron chi connectivity index (χ2n) is 6.30. The van der Waals surface area contributed by atoms with Crippen molar-refractivity contribution in [2.24, 2.45) is 0 Å². The number of fused-ring (bicyclic) bond motifs is 1. The molecule has 0 saturated carbocycles. The molecule has 0 N–H and O–H groups in total. The number of hydrogen-bond donors (Lipinski definition) is 0. The Morgan fingerprint density at radius 1 is 1.14 bits per heavy atom. The molecule has 0 radical (unpaired) electrons. The molecule has 2 aromatic carbocycles. The van der Waals surface area contributed by atoms with Crippen molar-refractivity contribution in [3.05, 3.63) is 82.5 Å². The van der Waals surface area contributed by atoms with Crippen LogP contribution in [0.2, 0.25) is 0 Å². The summed E-state index contributed by atoms with van der Waals surface area (Å²) in [5, 5.41) is 1.83. The summed E-state index contributed by atoms with van der Waals surface area (Å²) in [5.41, 5.74) is 2.61. The lowest BCUT2D eigenvalue weighted by atomic mass is 10.1. The quantitative estimate of drug-likeness (QED) is 0.528. The Bertz CT molecular complexity index is 1200. The maximum atomic E-state index is 13.2. The van der Waals surface area contributed by atoms with Gasteiger partial charge in [0.15, 0.2) is 0 Å². The Kier molecular flexibility index (Phi) is 4.75. The zero-order valence-electron chi connectivity index (χ0n) is 15.0. The fraction of sp³-hybridized carbons (Fsp3) is 0.0952. The predicted octanol–water partition coefficient (Wildman–Crippen LogP) is 3.93. The second-order valence-corrected chi connectivity index (χ2v) is 7.18. The Morgan fingerprint density at radius 2 is 1.86 bits per heavy atom. The van der Waals surface area contributed by atoms with Crippen LogP contribution in [0, 0.1) is 5.82 Å². The molecule has 2 aromatic heterocycles. The summed E-state index contributed by atoms with van der Waals surface area (Å²) in [7, 11) is 1.67. The van der Waals surface area contributed by atoms with Crippen LogP contribution < -0.4 is 10.5 Å². The molecule has 0 aliphatic rings. The molecule has 2 heterocycles. The number of hydrogen-bond acceptors (Lipinski definition) is 4. The molecule has 0 spiro atoms. The van der Waals surface area contributed by atoms with Crippen LogP contribution in [0.1, 0.15) is 0 Å². The lowest BCUT2D eigenvalue weighted by Gasteiger charge is -2.17. The largest absolute Gasteiger partial charge is 0.314 e. The van der Waals surface area contributed by atoms with Gasteiger partial charge < -0.3 is 4.90 Å². The molecule has 0 fully saturated rings. The third kappa shape index (κ3) is 3.32. The molecule has 5 nitrogen and oxygen atoms in total. The Balaban J connectivity index is 1.65. The van der Waals surface area contributed by atoms with Crippen molar-refractivity contribution in [1.82, 2.24) is 9.55 Å². The Morgan fingerprint density at radius 3 is 2.57 bits per heavy atom. The third-order valence-electron chi connectivity index (χ3n) is 4.52. The van der Waals surface area contributed by atoms with Gasteiger partial charge in [-0.3, -0.25) is 14.2 Å². The van der Waals surface area contributed by atoms with E-state index in [4.69, 9.17) is 0 Å². The highest BCUT2D eigenvalue weighted by atomic mass is 32.1. The van der Waals surface area contributed by atoms with Crippen LogP contribution in [0.25, 0.3) is 21.3 Å². The molecule has 0 unspecified atom stereocenters. The average Bonchev–Trinajstić information content (AvgIpc) is 3.15. The summed E-state index contributed by atoms with van der Waals surface area (Å²) < 4.78 is 15.0. The van der Waals surface area contributed by atoms with Gasteiger partial charge in [-0.25, -0.2) is 9.37 Å². The van der Waals surface area contributed by atoms with E-state index in [1.165, 1.54) is 39.3 Å². The van der Waals surface area contributed by atoms with Crippen LogP contribution in [0.3, 0.4) is 0 Å². The molecule has 1 amide bonds. The highest BCUT2D eigenvalue weighted by Crippen LogP contribution is 2.30. The summed E-state index contributed by atoms with van der Waals surface area (Å²) in [4.78, 5) is 31.3. The molecular formula is C21H16FN3O2S. The van der Waals surface area contributed by atoms with E-state index in [1.807, 2.05) is 35.7 Å². The molecule has 140 valence electrons. The van der Waals surface area contributed by atoms with Gasteiger partial charge in [-0.1, -0.05) is 30.3 Å². The number of amides is 1. The minimum Gasteiger partial charge on any atom is -0.314 e. The van der Waals surface area contributed by atoms with Crippen molar-refractivity contribution < 1.29 is 9.18 Å². The topological polar surface area (TPSA) is 55.2 Å². The monoisotopic (exact) mass is 393 g/mol. The van der Waals surface area contributed by atoms with E-state index in [0.29, 0.717) is 10.2 Å². The number of anilines is 1. The number of para-hydroxylation sites is 1. The van der Waals surface area contributed by atoms with Crippen molar-refractivity contribution >= 4 is 33.1 Å². The number of carbonyl (C=O) groups excluding carboxylic acids is 1. The van der Waals surface area contributed by atoms with E-state index >= 15 is 0 Å². The lowest BCUT2D eigenvalue weighted by molar-refractivity contribution is -0.118. The van der Waals surface area contributed by atoms with Gasteiger partial charge in [-0.05, 0) is 29.8 Å². The molecule has 4 rings (SSSR count). The van der Waals surface area contributed by atoms with Gasteiger partial charge in [-0.2, -0.15) is 0 Å². The van der Waals surface area contributed by atoms with Crippen LogP contribution in [-0.4, -0.2) is 22.5 Å². The standard InChI is InChI=1S/C21H16FN3O2S/c1-24(16-5-3-2-4-6-16)18(26)11-25-13-23-19-17(12-28-20(19)21(25)27)14-7-9-15(22)10-8-14/h2-10,12-13H,11H2,1H3. The minimum absolute atomic E-state index is 0.100. The molecule has 4 aromatic rings. The van der Waals surface area contributed by atoms with Crippen LogP contribution in [0.5, 0.6) is 0 Å². The Hall–Kier alpha value is -3.32. The first-order valence-electron chi connectivity index (χ1n) is 8.59. The summed E-state index contributed by atoms with van der Waals surface area (Å²) in [5.74, 6) is -0.538. The number of benzene rings is 2. The third-order valence-corrected chi connectivity index (χ3v) is 5.48. The summed E-state index contributed by atoms with van der Waals surface area (Å²) in [6.45, 7) is -0.100. The first kappa shape index (κ1) is 18.1. The van der Waals surface area contributed by atoms with Gasteiger partial charge >= 0.3 is 0 Å². The highest BCUT2D eigenvalue weighted by molar-refractivity contribution is 7.17. The zero-order chi connectivity index (χ0) is 19.7. The van der Waals surface area contributed by atoms with Crippen molar-refractivity contribution in [3.8, 4) is 11.1 Å².